The van der Waals surface area contributed by atoms with Crippen molar-refractivity contribution >= 4 is 11.6 Å². The largest absolute Gasteiger partial charge is 0.368 e. The van der Waals surface area contributed by atoms with E-state index in [1.807, 2.05) is 11.0 Å². The van der Waals surface area contributed by atoms with Crippen LogP contribution in [0.15, 0.2) is 30.3 Å². The number of para-hydroxylation sites is 1. The van der Waals surface area contributed by atoms with Crippen LogP contribution in [0.2, 0.25) is 0 Å². The van der Waals surface area contributed by atoms with Crippen LogP contribution in [-0.4, -0.2) is 49.1 Å². The second-order valence-electron chi connectivity index (χ2n) is 6.63. The topological polar surface area (TPSA) is 35.6 Å². The highest BCUT2D eigenvalue weighted by molar-refractivity contribution is 5.76. The van der Waals surface area contributed by atoms with Crippen LogP contribution in [0.3, 0.4) is 0 Å². The molecule has 1 heterocycles. The van der Waals surface area contributed by atoms with E-state index >= 15 is 0 Å². The molecule has 0 atom stereocenters. The fraction of sp³-hybridized carbons (Fsp3) is 0.588. The first-order valence-electron chi connectivity index (χ1n) is 7.78. The number of hydrogen-bond acceptors (Lipinski definition) is 3. The van der Waals surface area contributed by atoms with E-state index in [9.17, 15) is 4.79 Å². The average molecular weight is 289 g/mol. The Morgan fingerprint density at radius 3 is 2.29 bits per heavy atom. The molecule has 1 aliphatic rings. The lowest BCUT2D eigenvalue weighted by molar-refractivity contribution is -0.131. The minimum Gasteiger partial charge on any atom is -0.368 e. The molecule has 4 nitrogen and oxygen atoms in total. The number of amides is 1. The monoisotopic (exact) mass is 289 g/mol. The molecule has 1 N–H and O–H groups in total. The van der Waals surface area contributed by atoms with Crippen molar-refractivity contribution in [2.45, 2.75) is 32.7 Å². The molecule has 1 aliphatic heterocycles. The van der Waals surface area contributed by atoms with Gasteiger partial charge in [0.1, 0.15) is 0 Å². The first-order chi connectivity index (χ1) is 9.96. The number of carbonyl (C=O) groups excluding carboxylic acids is 1. The Balaban J connectivity index is 1.75. The van der Waals surface area contributed by atoms with Gasteiger partial charge in [0.15, 0.2) is 0 Å². The Morgan fingerprint density at radius 2 is 1.71 bits per heavy atom. The van der Waals surface area contributed by atoms with Gasteiger partial charge in [0, 0.05) is 50.4 Å². The van der Waals surface area contributed by atoms with Crippen LogP contribution >= 0.6 is 0 Å². The number of carbonyl (C=O) groups is 1. The average Bonchev–Trinajstić information content (AvgIpc) is 2.47. The van der Waals surface area contributed by atoms with Crippen LogP contribution in [0.1, 0.15) is 27.2 Å². The maximum atomic E-state index is 12.2. The van der Waals surface area contributed by atoms with E-state index < -0.39 is 0 Å². The SMILES string of the molecule is CC(C)(C)NCCC(=O)N1CCN(c2ccccc2)CC1. The summed E-state index contributed by atoms with van der Waals surface area (Å²) < 4.78 is 0. The molecule has 116 valence electrons. The van der Waals surface area contributed by atoms with Gasteiger partial charge in [-0.05, 0) is 32.9 Å². The molecule has 0 radical (unpaired) electrons. The first-order valence-corrected chi connectivity index (χ1v) is 7.78. The number of nitrogens with zero attached hydrogens (tertiary/aromatic N) is 2. The van der Waals surface area contributed by atoms with Gasteiger partial charge >= 0.3 is 0 Å². The quantitative estimate of drug-likeness (QED) is 0.922. The molecule has 1 aromatic rings. The van der Waals surface area contributed by atoms with Gasteiger partial charge in [-0.2, -0.15) is 0 Å². The van der Waals surface area contributed by atoms with Crippen LogP contribution in [-0.2, 0) is 4.79 Å². The fourth-order valence-electron chi connectivity index (χ4n) is 2.56. The van der Waals surface area contributed by atoms with Crippen LogP contribution in [0.25, 0.3) is 0 Å². The summed E-state index contributed by atoms with van der Waals surface area (Å²) in [4.78, 5) is 16.5. The summed E-state index contributed by atoms with van der Waals surface area (Å²) in [6, 6.07) is 10.4. The third-order valence-corrected chi connectivity index (χ3v) is 3.75. The molecular weight excluding hydrogens is 262 g/mol. The summed E-state index contributed by atoms with van der Waals surface area (Å²) in [5.41, 5.74) is 1.32. The van der Waals surface area contributed by atoms with Gasteiger partial charge in [-0.1, -0.05) is 18.2 Å². The van der Waals surface area contributed by atoms with Gasteiger partial charge in [-0.25, -0.2) is 0 Å². The summed E-state index contributed by atoms with van der Waals surface area (Å²) in [6.45, 7) is 10.6. The van der Waals surface area contributed by atoms with Crippen molar-refractivity contribution in [1.82, 2.24) is 10.2 Å². The van der Waals surface area contributed by atoms with Gasteiger partial charge in [0.25, 0.3) is 0 Å². The Morgan fingerprint density at radius 1 is 1.10 bits per heavy atom. The molecule has 21 heavy (non-hydrogen) atoms. The summed E-state index contributed by atoms with van der Waals surface area (Å²) >= 11 is 0. The zero-order valence-electron chi connectivity index (χ0n) is 13.4. The molecule has 2 rings (SSSR count). The summed E-state index contributed by atoms with van der Waals surface area (Å²) in [5.74, 6) is 0.263. The van der Waals surface area contributed by atoms with Crippen LogP contribution in [0.4, 0.5) is 5.69 Å². The Hall–Kier alpha value is -1.55. The molecule has 4 heteroatoms. The highest BCUT2D eigenvalue weighted by atomic mass is 16.2. The summed E-state index contributed by atoms with van der Waals surface area (Å²) in [6.07, 6.45) is 0.586. The molecule has 0 aliphatic carbocycles. The van der Waals surface area contributed by atoms with E-state index in [0.29, 0.717) is 6.42 Å². The molecule has 0 bridgehead atoms. The highest BCUT2D eigenvalue weighted by Gasteiger charge is 2.21. The maximum Gasteiger partial charge on any atom is 0.223 e. The minimum atomic E-state index is 0.0757. The summed E-state index contributed by atoms with van der Waals surface area (Å²) in [5, 5.41) is 3.37. The molecule has 1 aromatic carbocycles. The number of benzene rings is 1. The molecule has 0 unspecified atom stereocenters. The minimum absolute atomic E-state index is 0.0757. The standard InChI is InChI=1S/C17H27N3O/c1-17(2,3)18-10-9-16(21)20-13-11-19(12-14-20)15-7-5-4-6-8-15/h4-8,18H,9-14H2,1-3H3. The van der Waals surface area contributed by atoms with Crippen molar-refractivity contribution in [3.63, 3.8) is 0 Å². The second kappa shape index (κ2) is 6.94. The lowest BCUT2D eigenvalue weighted by Crippen LogP contribution is -2.49. The number of nitrogens with one attached hydrogen (secondary N) is 1. The summed E-state index contributed by atoms with van der Waals surface area (Å²) in [7, 11) is 0. The maximum absolute atomic E-state index is 12.2. The molecule has 1 fully saturated rings. The number of anilines is 1. The van der Waals surface area contributed by atoms with Crippen LogP contribution < -0.4 is 10.2 Å². The van der Waals surface area contributed by atoms with Crippen molar-refractivity contribution in [3.8, 4) is 0 Å². The fourth-order valence-corrected chi connectivity index (χ4v) is 2.56. The normalized spacial score (nSPS) is 16.1. The third-order valence-electron chi connectivity index (χ3n) is 3.75. The lowest BCUT2D eigenvalue weighted by Gasteiger charge is -2.36. The van der Waals surface area contributed by atoms with Crippen molar-refractivity contribution in [2.24, 2.45) is 0 Å². The number of piperazine rings is 1. The zero-order valence-corrected chi connectivity index (χ0v) is 13.4. The van der Waals surface area contributed by atoms with E-state index in [-0.39, 0.29) is 11.4 Å². The first kappa shape index (κ1) is 15.8. The van der Waals surface area contributed by atoms with E-state index in [1.165, 1.54) is 5.69 Å². The van der Waals surface area contributed by atoms with Gasteiger partial charge in [-0.15, -0.1) is 0 Å². The molecule has 0 aromatic heterocycles. The second-order valence-corrected chi connectivity index (χ2v) is 6.63. The zero-order chi connectivity index (χ0) is 15.3. The van der Waals surface area contributed by atoms with Crippen molar-refractivity contribution in [1.29, 1.82) is 0 Å². The molecular formula is C17H27N3O. The Kier molecular flexibility index (Phi) is 5.23. The van der Waals surface area contributed by atoms with Crippen molar-refractivity contribution in [3.05, 3.63) is 30.3 Å². The van der Waals surface area contributed by atoms with E-state index in [0.717, 1.165) is 32.7 Å². The van der Waals surface area contributed by atoms with E-state index in [2.05, 4.69) is 55.3 Å². The number of rotatable bonds is 4. The highest BCUT2D eigenvalue weighted by Crippen LogP contribution is 2.15. The Bertz CT molecular complexity index is 445. The number of hydrogen-bond donors (Lipinski definition) is 1. The molecule has 1 saturated heterocycles. The van der Waals surface area contributed by atoms with Crippen LogP contribution in [0, 0.1) is 0 Å². The van der Waals surface area contributed by atoms with E-state index in [4.69, 9.17) is 0 Å². The van der Waals surface area contributed by atoms with Crippen molar-refractivity contribution < 1.29 is 4.79 Å². The predicted octanol–water partition coefficient (Wildman–Crippen LogP) is 2.11. The molecule has 0 saturated carbocycles. The third kappa shape index (κ3) is 5.05. The van der Waals surface area contributed by atoms with Gasteiger partial charge < -0.3 is 15.1 Å². The van der Waals surface area contributed by atoms with E-state index in [1.54, 1.807) is 0 Å². The van der Waals surface area contributed by atoms with Gasteiger partial charge in [0.05, 0.1) is 0 Å². The smallest absolute Gasteiger partial charge is 0.223 e. The lowest BCUT2D eigenvalue weighted by atomic mass is 10.1. The molecule has 1 amide bonds. The van der Waals surface area contributed by atoms with Gasteiger partial charge in [0.2, 0.25) is 5.91 Å². The van der Waals surface area contributed by atoms with Gasteiger partial charge in [-0.3, -0.25) is 4.79 Å². The predicted molar refractivity (Wildman–Crippen MR) is 87.6 cm³/mol. The van der Waals surface area contributed by atoms with Crippen molar-refractivity contribution in [2.75, 3.05) is 37.6 Å². The Labute approximate surface area is 128 Å². The van der Waals surface area contributed by atoms with Crippen LogP contribution in [0.5, 0.6) is 0 Å². The molecule has 0 spiro atoms.